The molecule has 0 fully saturated rings. The number of carbonyl (C=O) groups excluding carboxylic acids is 1. The van der Waals surface area contributed by atoms with E-state index in [1.807, 2.05) is 24.3 Å². The monoisotopic (exact) mass is 317 g/mol. The molecule has 0 saturated heterocycles. The number of para-hydroxylation sites is 1. The average Bonchev–Trinajstić information content (AvgIpc) is 2.55. The summed E-state index contributed by atoms with van der Waals surface area (Å²) < 4.78 is 23.8. The molecule has 2 rings (SSSR count). The number of likely N-dealkylation sites (N-methyl/N-ethyl adjacent to an activating group) is 1. The molecule has 0 bridgehead atoms. The molecule has 0 aliphatic carbocycles. The van der Waals surface area contributed by atoms with E-state index in [1.165, 1.54) is 13.2 Å². The van der Waals surface area contributed by atoms with E-state index in [-0.39, 0.29) is 18.1 Å². The van der Waals surface area contributed by atoms with Crippen LogP contribution >= 0.6 is 0 Å². The van der Waals surface area contributed by atoms with E-state index >= 15 is 0 Å². The number of halogens is 1. The predicted octanol–water partition coefficient (Wildman–Crippen LogP) is 3.04. The van der Waals surface area contributed by atoms with Gasteiger partial charge in [-0.3, -0.25) is 4.79 Å². The van der Waals surface area contributed by atoms with Crippen molar-refractivity contribution in [1.29, 1.82) is 0 Å². The minimum Gasteiger partial charge on any atom is -0.496 e. The van der Waals surface area contributed by atoms with Gasteiger partial charge in [-0.2, -0.15) is 0 Å². The molecule has 0 aliphatic heterocycles. The lowest BCUT2D eigenvalue weighted by Crippen LogP contribution is -2.27. The molecule has 0 aliphatic rings. The maximum atomic E-state index is 13.7. The SMILES string of the molecule is COc1ccc(CN(C)C(=O)Cc2ccccc2OC)cc1F. The number of ether oxygens (including phenoxy) is 2. The molecule has 0 aromatic heterocycles. The molecule has 0 N–H and O–H groups in total. The molecule has 2 aromatic rings. The van der Waals surface area contributed by atoms with Crippen LogP contribution in [-0.4, -0.2) is 32.1 Å². The minimum atomic E-state index is -0.435. The number of amides is 1. The van der Waals surface area contributed by atoms with Gasteiger partial charge in [0.05, 0.1) is 20.6 Å². The van der Waals surface area contributed by atoms with Crippen molar-refractivity contribution < 1.29 is 18.7 Å². The van der Waals surface area contributed by atoms with Crippen molar-refractivity contribution in [2.24, 2.45) is 0 Å². The van der Waals surface area contributed by atoms with E-state index in [2.05, 4.69) is 0 Å². The van der Waals surface area contributed by atoms with Crippen LogP contribution in [0.15, 0.2) is 42.5 Å². The Balaban J connectivity index is 2.04. The van der Waals surface area contributed by atoms with Gasteiger partial charge in [-0.05, 0) is 23.8 Å². The van der Waals surface area contributed by atoms with Gasteiger partial charge in [0.15, 0.2) is 11.6 Å². The third-order valence-corrected chi connectivity index (χ3v) is 3.60. The zero-order valence-electron chi connectivity index (χ0n) is 13.5. The Hall–Kier alpha value is -2.56. The quantitative estimate of drug-likeness (QED) is 0.822. The van der Waals surface area contributed by atoms with Gasteiger partial charge in [-0.25, -0.2) is 4.39 Å². The number of benzene rings is 2. The molecule has 0 radical (unpaired) electrons. The summed E-state index contributed by atoms with van der Waals surface area (Å²) in [7, 11) is 4.69. The molecule has 0 heterocycles. The first kappa shape index (κ1) is 16.8. The molecular weight excluding hydrogens is 297 g/mol. The number of nitrogens with zero attached hydrogens (tertiary/aromatic N) is 1. The summed E-state index contributed by atoms with van der Waals surface area (Å²) in [4.78, 5) is 13.9. The lowest BCUT2D eigenvalue weighted by atomic mass is 10.1. The summed E-state index contributed by atoms with van der Waals surface area (Å²) in [5, 5.41) is 0. The Morgan fingerprint density at radius 1 is 1.09 bits per heavy atom. The highest BCUT2D eigenvalue weighted by molar-refractivity contribution is 5.79. The lowest BCUT2D eigenvalue weighted by Gasteiger charge is -2.18. The van der Waals surface area contributed by atoms with Crippen molar-refractivity contribution in [2.45, 2.75) is 13.0 Å². The van der Waals surface area contributed by atoms with Crippen molar-refractivity contribution in [3.63, 3.8) is 0 Å². The molecule has 0 saturated carbocycles. The second kappa shape index (κ2) is 7.63. The normalized spacial score (nSPS) is 10.3. The van der Waals surface area contributed by atoms with E-state index in [1.54, 1.807) is 31.2 Å². The molecule has 23 heavy (non-hydrogen) atoms. The average molecular weight is 317 g/mol. The maximum absolute atomic E-state index is 13.7. The molecule has 5 heteroatoms. The van der Waals surface area contributed by atoms with Gasteiger partial charge in [0.2, 0.25) is 5.91 Å². The minimum absolute atomic E-state index is 0.0641. The van der Waals surface area contributed by atoms with Crippen molar-refractivity contribution in [3.05, 3.63) is 59.4 Å². The fraction of sp³-hybridized carbons (Fsp3) is 0.278. The van der Waals surface area contributed by atoms with Crippen molar-refractivity contribution in [1.82, 2.24) is 4.90 Å². The van der Waals surface area contributed by atoms with Crippen LogP contribution in [0, 0.1) is 5.82 Å². The second-order valence-electron chi connectivity index (χ2n) is 5.21. The van der Waals surface area contributed by atoms with Crippen LogP contribution in [0.25, 0.3) is 0 Å². The molecule has 1 amide bonds. The Kier molecular flexibility index (Phi) is 5.57. The van der Waals surface area contributed by atoms with E-state index in [9.17, 15) is 9.18 Å². The van der Waals surface area contributed by atoms with Gasteiger partial charge < -0.3 is 14.4 Å². The molecule has 122 valence electrons. The van der Waals surface area contributed by atoms with Gasteiger partial charge in [-0.15, -0.1) is 0 Å². The highest BCUT2D eigenvalue weighted by Gasteiger charge is 2.14. The van der Waals surface area contributed by atoms with E-state index < -0.39 is 5.82 Å². The topological polar surface area (TPSA) is 38.8 Å². The maximum Gasteiger partial charge on any atom is 0.227 e. The first-order valence-corrected chi connectivity index (χ1v) is 7.23. The summed E-state index contributed by atoms with van der Waals surface area (Å²) in [5.41, 5.74) is 1.53. The second-order valence-corrected chi connectivity index (χ2v) is 5.21. The van der Waals surface area contributed by atoms with Crippen LogP contribution < -0.4 is 9.47 Å². The van der Waals surface area contributed by atoms with Gasteiger partial charge in [0, 0.05) is 19.2 Å². The standard InChI is InChI=1S/C18H20FNO3/c1-20(12-13-8-9-17(23-3)15(19)10-13)18(21)11-14-6-4-5-7-16(14)22-2/h4-10H,11-12H2,1-3H3. The first-order valence-electron chi connectivity index (χ1n) is 7.23. The third-order valence-electron chi connectivity index (χ3n) is 3.60. The smallest absolute Gasteiger partial charge is 0.227 e. The highest BCUT2D eigenvalue weighted by atomic mass is 19.1. The zero-order chi connectivity index (χ0) is 16.8. The van der Waals surface area contributed by atoms with Gasteiger partial charge >= 0.3 is 0 Å². The van der Waals surface area contributed by atoms with Crippen LogP contribution in [-0.2, 0) is 17.8 Å². The van der Waals surface area contributed by atoms with E-state index in [0.29, 0.717) is 17.9 Å². The number of rotatable bonds is 6. The lowest BCUT2D eigenvalue weighted by molar-refractivity contribution is -0.129. The Bertz CT molecular complexity index is 688. The molecular formula is C18H20FNO3. The van der Waals surface area contributed by atoms with E-state index in [0.717, 1.165) is 5.56 Å². The van der Waals surface area contributed by atoms with Crippen LogP contribution in [0.4, 0.5) is 4.39 Å². The summed E-state index contributed by atoms with van der Waals surface area (Å²) in [6, 6.07) is 12.1. The molecule has 0 unspecified atom stereocenters. The van der Waals surface area contributed by atoms with Gasteiger partial charge in [0.25, 0.3) is 0 Å². The number of carbonyl (C=O) groups is 1. The van der Waals surface area contributed by atoms with Crippen molar-refractivity contribution >= 4 is 5.91 Å². The number of hydrogen-bond acceptors (Lipinski definition) is 3. The van der Waals surface area contributed by atoms with Crippen LogP contribution in [0.3, 0.4) is 0 Å². The fourth-order valence-electron chi connectivity index (χ4n) is 2.32. The number of hydrogen-bond donors (Lipinski definition) is 0. The molecule has 2 aromatic carbocycles. The Morgan fingerprint density at radius 3 is 2.43 bits per heavy atom. The van der Waals surface area contributed by atoms with Crippen molar-refractivity contribution in [2.75, 3.05) is 21.3 Å². The summed E-state index contributed by atoms with van der Waals surface area (Å²) in [5.74, 6) is 0.378. The zero-order valence-corrected chi connectivity index (χ0v) is 13.5. The molecule has 4 nitrogen and oxygen atoms in total. The predicted molar refractivity (Wildman–Crippen MR) is 86.1 cm³/mol. The molecule has 0 atom stereocenters. The first-order chi connectivity index (χ1) is 11.0. The summed E-state index contributed by atoms with van der Waals surface area (Å²) in [6.07, 6.45) is 0.235. The third kappa shape index (κ3) is 4.22. The van der Waals surface area contributed by atoms with Gasteiger partial charge in [-0.1, -0.05) is 24.3 Å². The fourth-order valence-corrected chi connectivity index (χ4v) is 2.32. The van der Waals surface area contributed by atoms with Gasteiger partial charge in [0.1, 0.15) is 5.75 Å². The summed E-state index contributed by atoms with van der Waals surface area (Å²) >= 11 is 0. The van der Waals surface area contributed by atoms with Crippen LogP contribution in [0.2, 0.25) is 0 Å². The molecule has 0 spiro atoms. The Morgan fingerprint density at radius 2 is 1.78 bits per heavy atom. The highest BCUT2D eigenvalue weighted by Crippen LogP contribution is 2.20. The summed E-state index contributed by atoms with van der Waals surface area (Å²) in [6.45, 7) is 0.328. The largest absolute Gasteiger partial charge is 0.496 e. The van der Waals surface area contributed by atoms with Crippen LogP contribution in [0.1, 0.15) is 11.1 Å². The number of methoxy groups -OCH3 is 2. The van der Waals surface area contributed by atoms with Crippen molar-refractivity contribution in [3.8, 4) is 11.5 Å². The van der Waals surface area contributed by atoms with Crippen LogP contribution in [0.5, 0.6) is 11.5 Å². The van der Waals surface area contributed by atoms with E-state index in [4.69, 9.17) is 9.47 Å². The Labute approximate surface area is 135 Å².